The molecule has 59 heavy (non-hydrogen) atoms. The van der Waals surface area contributed by atoms with Crippen LogP contribution in [0.1, 0.15) is 42.4 Å². The lowest BCUT2D eigenvalue weighted by Crippen LogP contribution is -2.52. The molecule has 3 N–H and O–H groups in total. The van der Waals surface area contributed by atoms with E-state index >= 15 is 0 Å². The Labute approximate surface area is 342 Å². The molecular weight excluding hydrogens is 762 g/mol. The Hall–Kier alpha value is -6.58. The number of hydrogen-bond donors (Lipinski definition) is 3. The van der Waals surface area contributed by atoms with Gasteiger partial charge in [0.15, 0.2) is 0 Å². The number of ether oxygens (including phenoxy) is 6. The van der Waals surface area contributed by atoms with Gasteiger partial charge in [-0.15, -0.1) is 0 Å². The second kappa shape index (κ2) is 26.4. The van der Waals surface area contributed by atoms with Crippen molar-refractivity contribution in [3.05, 3.63) is 138 Å². The van der Waals surface area contributed by atoms with Gasteiger partial charge in [0.1, 0.15) is 44.3 Å². The Morgan fingerprint density at radius 3 is 1.53 bits per heavy atom. The maximum absolute atomic E-state index is 13.7. The third-order valence-electron chi connectivity index (χ3n) is 8.31. The molecule has 0 aliphatic rings. The molecule has 0 aromatic heterocycles. The van der Waals surface area contributed by atoms with Gasteiger partial charge in [-0.05, 0) is 41.7 Å². The van der Waals surface area contributed by atoms with Crippen molar-refractivity contribution in [3.8, 4) is 5.75 Å². The first-order valence-electron chi connectivity index (χ1n) is 19.1. The van der Waals surface area contributed by atoms with Gasteiger partial charge in [0.05, 0.1) is 19.8 Å². The quantitative estimate of drug-likeness (QED) is 0.0481. The van der Waals surface area contributed by atoms with Crippen LogP contribution in [0, 0.1) is 0 Å². The first-order chi connectivity index (χ1) is 28.7. The Morgan fingerprint density at radius 1 is 0.508 bits per heavy atom. The Bertz CT molecular complexity index is 1880. The molecular formula is C44H49N3O12. The number of benzene rings is 4. The average molecular weight is 812 g/mol. The fraction of sp³-hybridized carbons (Fsp3) is 0.318. The molecule has 0 fully saturated rings. The van der Waals surface area contributed by atoms with Crippen LogP contribution in [0.4, 0.5) is 4.79 Å². The first kappa shape index (κ1) is 45.1. The molecule has 312 valence electrons. The highest BCUT2D eigenvalue weighted by atomic mass is 16.6. The zero-order valence-electron chi connectivity index (χ0n) is 32.6. The topological polar surface area (TPSA) is 194 Å². The molecule has 4 aromatic rings. The maximum Gasteiger partial charge on any atom is 0.412 e. The van der Waals surface area contributed by atoms with E-state index in [-0.39, 0.29) is 71.9 Å². The number of carbonyl (C=O) groups is 6. The smallest absolute Gasteiger partial charge is 0.412 e. The molecule has 0 aliphatic carbocycles. The van der Waals surface area contributed by atoms with Crippen LogP contribution >= 0.6 is 0 Å². The van der Waals surface area contributed by atoms with Crippen molar-refractivity contribution in [1.29, 1.82) is 0 Å². The van der Waals surface area contributed by atoms with Crippen LogP contribution < -0.4 is 20.7 Å². The molecule has 0 heterocycles. The maximum atomic E-state index is 13.7. The highest BCUT2D eigenvalue weighted by Gasteiger charge is 2.29. The third kappa shape index (κ3) is 18.9. The normalized spacial score (nSPS) is 11.6. The van der Waals surface area contributed by atoms with E-state index in [0.717, 1.165) is 11.1 Å². The van der Waals surface area contributed by atoms with Gasteiger partial charge in [-0.1, -0.05) is 109 Å². The lowest BCUT2D eigenvalue weighted by atomic mass is 10.1. The van der Waals surface area contributed by atoms with Crippen molar-refractivity contribution in [2.24, 2.45) is 0 Å². The number of nitrogens with one attached hydrogen (secondary N) is 3. The predicted octanol–water partition coefficient (Wildman–Crippen LogP) is 4.57. The van der Waals surface area contributed by atoms with Gasteiger partial charge in [-0.25, -0.2) is 9.59 Å². The number of esters is 3. The summed E-state index contributed by atoms with van der Waals surface area (Å²) in [6.07, 6.45) is -1.46. The van der Waals surface area contributed by atoms with Crippen LogP contribution in [0.2, 0.25) is 0 Å². The van der Waals surface area contributed by atoms with Crippen LogP contribution in [0.25, 0.3) is 0 Å². The van der Waals surface area contributed by atoms with Crippen LogP contribution in [-0.2, 0) is 67.5 Å². The number of para-hydroxylation sites is 1. The van der Waals surface area contributed by atoms with Gasteiger partial charge in [-0.2, -0.15) is 0 Å². The molecule has 4 rings (SSSR count). The van der Waals surface area contributed by atoms with Crippen LogP contribution in [0.3, 0.4) is 0 Å². The number of rotatable bonds is 25. The van der Waals surface area contributed by atoms with Crippen LogP contribution in [0.15, 0.2) is 121 Å². The van der Waals surface area contributed by atoms with Crippen molar-refractivity contribution < 1.29 is 57.2 Å². The van der Waals surface area contributed by atoms with E-state index in [9.17, 15) is 28.8 Å². The molecule has 0 saturated heterocycles. The molecule has 0 spiro atoms. The van der Waals surface area contributed by atoms with Crippen molar-refractivity contribution in [3.63, 3.8) is 0 Å². The van der Waals surface area contributed by atoms with Crippen molar-refractivity contribution >= 4 is 35.8 Å². The summed E-state index contributed by atoms with van der Waals surface area (Å²) in [5.41, 5.74) is 2.25. The van der Waals surface area contributed by atoms with E-state index in [4.69, 9.17) is 28.4 Å². The Kier molecular flexibility index (Phi) is 20.2. The van der Waals surface area contributed by atoms with Crippen molar-refractivity contribution in [2.75, 3.05) is 33.0 Å². The summed E-state index contributed by atoms with van der Waals surface area (Å²) in [7, 11) is 0. The van der Waals surface area contributed by atoms with Crippen molar-refractivity contribution in [2.45, 2.75) is 57.6 Å². The summed E-state index contributed by atoms with van der Waals surface area (Å²) in [4.78, 5) is 77.3. The summed E-state index contributed by atoms with van der Waals surface area (Å²) in [5.74, 6) is -3.10. The van der Waals surface area contributed by atoms with Crippen LogP contribution in [-0.4, -0.2) is 80.9 Å². The largest absolute Gasteiger partial charge is 0.461 e. The lowest BCUT2D eigenvalue weighted by Gasteiger charge is -2.22. The minimum atomic E-state index is -1.30. The minimum absolute atomic E-state index is 0.0141. The Morgan fingerprint density at radius 2 is 0.983 bits per heavy atom. The fourth-order valence-corrected chi connectivity index (χ4v) is 5.24. The molecule has 15 nitrogen and oxygen atoms in total. The molecule has 2 unspecified atom stereocenters. The summed E-state index contributed by atoms with van der Waals surface area (Å²) in [6, 6.07) is 33.0. The second-order valence-corrected chi connectivity index (χ2v) is 12.9. The van der Waals surface area contributed by atoms with Gasteiger partial charge < -0.3 is 44.4 Å². The van der Waals surface area contributed by atoms with E-state index in [1.165, 1.54) is 0 Å². The molecule has 3 amide bonds. The van der Waals surface area contributed by atoms with Gasteiger partial charge in [-0.3, -0.25) is 19.2 Å². The highest BCUT2D eigenvalue weighted by Crippen LogP contribution is 2.11. The molecule has 0 saturated carbocycles. The SMILES string of the molecule is O=C(COCCOCCNC(=O)Oc1ccccc1)NC(CCC(=O)OCc1ccccc1)C(=O)NC(CCC(=O)OCc1ccccc1)C(=O)OCc1ccccc1. The van der Waals surface area contributed by atoms with Gasteiger partial charge in [0.2, 0.25) is 11.8 Å². The summed E-state index contributed by atoms with van der Waals surface area (Å²) >= 11 is 0. The zero-order valence-corrected chi connectivity index (χ0v) is 32.6. The third-order valence-corrected chi connectivity index (χ3v) is 8.31. The fourth-order valence-electron chi connectivity index (χ4n) is 5.24. The molecule has 0 radical (unpaired) electrons. The molecule has 2 atom stereocenters. The second-order valence-electron chi connectivity index (χ2n) is 12.9. The summed E-state index contributed by atoms with van der Waals surface area (Å²) in [6.45, 7) is -0.0584. The zero-order chi connectivity index (χ0) is 41.9. The lowest BCUT2D eigenvalue weighted by molar-refractivity contribution is -0.151. The Balaban J connectivity index is 1.29. The van der Waals surface area contributed by atoms with Gasteiger partial charge in [0.25, 0.3) is 0 Å². The van der Waals surface area contributed by atoms with Gasteiger partial charge in [0, 0.05) is 19.4 Å². The number of hydrogen-bond acceptors (Lipinski definition) is 12. The highest BCUT2D eigenvalue weighted by molar-refractivity contribution is 5.91. The van der Waals surface area contributed by atoms with E-state index in [1.807, 2.05) is 30.3 Å². The minimum Gasteiger partial charge on any atom is -0.461 e. The first-order valence-corrected chi connectivity index (χ1v) is 19.1. The van der Waals surface area contributed by atoms with Gasteiger partial charge >= 0.3 is 24.0 Å². The number of carbonyl (C=O) groups excluding carboxylic acids is 6. The van der Waals surface area contributed by atoms with E-state index in [2.05, 4.69) is 16.0 Å². The number of amides is 3. The van der Waals surface area contributed by atoms with E-state index in [1.54, 1.807) is 91.0 Å². The van der Waals surface area contributed by atoms with Crippen molar-refractivity contribution in [1.82, 2.24) is 16.0 Å². The molecule has 0 aliphatic heterocycles. The van der Waals surface area contributed by atoms with Crippen LogP contribution in [0.5, 0.6) is 5.75 Å². The summed E-state index contributed by atoms with van der Waals surface area (Å²) < 4.78 is 32.2. The summed E-state index contributed by atoms with van der Waals surface area (Å²) in [5, 5.41) is 7.72. The monoisotopic (exact) mass is 811 g/mol. The molecule has 4 aromatic carbocycles. The average Bonchev–Trinajstić information content (AvgIpc) is 3.26. The standard InChI is InChI=1S/C44H49N3O12/c48-39(32-55-28-27-54-26-25-45-44(53)59-36-19-11-4-12-20-36)46-37(21-23-40(49)56-29-33-13-5-1-6-14-33)42(51)47-38(43(52)58-31-35-17-9-3-10-18-35)22-24-41(50)57-30-34-15-7-2-8-16-34/h1-20,37-38H,21-32H2,(H,45,53)(H,46,48)(H,47,51). The predicted molar refractivity (Wildman–Crippen MR) is 213 cm³/mol. The van der Waals surface area contributed by atoms with E-state index in [0.29, 0.717) is 11.3 Å². The molecule has 15 heteroatoms. The molecule has 0 bridgehead atoms. The van der Waals surface area contributed by atoms with E-state index < -0.39 is 54.5 Å².